The SMILES string of the molecule is Cc1ccc2c(c1)NCc1cscc1O2. The van der Waals surface area contributed by atoms with Crippen molar-refractivity contribution in [1.82, 2.24) is 0 Å². The van der Waals surface area contributed by atoms with E-state index in [2.05, 4.69) is 29.8 Å². The molecule has 1 aliphatic heterocycles. The van der Waals surface area contributed by atoms with Gasteiger partial charge in [0.25, 0.3) is 0 Å². The molecular formula is C12H11NOS. The average molecular weight is 217 g/mol. The van der Waals surface area contributed by atoms with Crippen LogP contribution in [0.1, 0.15) is 11.1 Å². The zero-order valence-corrected chi connectivity index (χ0v) is 9.23. The van der Waals surface area contributed by atoms with Crippen LogP contribution >= 0.6 is 11.3 Å². The summed E-state index contributed by atoms with van der Waals surface area (Å²) in [7, 11) is 0. The standard InChI is InChI=1S/C12H11NOS/c1-8-2-3-11-10(4-8)13-5-9-6-15-7-12(9)14-11/h2-4,6-7,13H,5H2,1H3. The van der Waals surface area contributed by atoms with Crippen molar-refractivity contribution in [2.45, 2.75) is 13.5 Å². The zero-order valence-electron chi connectivity index (χ0n) is 8.41. The van der Waals surface area contributed by atoms with Crippen LogP contribution in [-0.4, -0.2) is 0 Å². The number of aryl methyl sites for hydroxylation is 1. The molecule has 3 heteroatoms. The molecule has 1 aliphatic rings. The number of anilines is 1. The fourth-order valence-electron chi connectivity index (χ4n) is 1.71. The Bertz CT molecular complexity index is 504. The van der Waals surface area contributed by atoms with Crippen molar-refractivity contribution >= 4 is 17.0 Å². The highest BCUT2D eigenvalue weighted by atomic mass is 32.1. The summed E-state index contributed by atoms with van der Waals surface area (Å²) in [5, 5.41) is 7.56. The summed E-state index contributed by atoms with van der Waals surface area (Å²) in [5.74, 6) is 1.90. The maximum Gasteiger partial charge on any atom is 0.150 e. The highest BCUT2D eigenvalue weighted by Gasteiger charge is 2.14. The third-order valence-corrected chi connectivity index (χ3v) is 3.30. The van der Waals surface area contributed by atoms with E-state index < -0.39 is 0 Å². The molecule has 2 aromatic rings. The van der Waals surface area contributed by atoms with Crippen LogP contribution in [0.4, 0.5) is 5.69 Å². The van der Waals surface area contributed by atoms with Gasteiger partial charge in [-0.2, -0.15) is 0 Å². The Morgan fingerprint density at radius 1 is 1.27 bits per heavy atom. The van der Waals surface area contributed by atoms with Gasteiger partial charge in [0.1, 0.15) is 5.75 Å². The molecule has 3 rings (SSSR count). The van der Waals surface area contributed by atoms with Crippen molar-refractivity contribution in [3.63, 3.8) is 0 Å². The molecule has 1 aromatic carbocycles. The Labute approximate surface area is 92.5 Å². The lowest BCUT2D eigenvalue weighted by Gasteiger charge is -2.07. The summed E-state index contributed by atoms with van der Waals surface area (Å²) in [6, 6.07) is 6.20. The second kappa shape index (κ2) is 3.28. The van der Waals surface area contributed by atoms with E-state index in [0.29, 0.717) is 0 Å². The molecule has 0 spiro atoms. The van der Waals surface area contributed by atoms with Gasteiger partial charge in [-0.15, -0.1) is 11.3 Å². The molecule has 1 N–H and O–H groups in total. The van der Waals surface area contributed by atoms with Crippen molar-refractivity contribution in [3.8, 4) is 11.5 Å². The van der Waals surface area contributed by atoms with Gasteiger partial charge in [0, 0.05) is 17.5 Å². The second-order valence-corrected chi connectivity index (χ2v) is 4.46. The molecule has 0 saturated heterocycles. The van der Waals surface area contributed by atoms with Gasteiger partial charge < -0.3 is 10.1 Å². The number of thiophene rings is 1. The van der Waals surface area contributed by atoms with Gasteiger partial charge in [-0.1, -0.05) is 6.07 Å². The minimum atomic E-state index is 0.843. The van der Waals surface area contributed by atoms with Crippen molar-refractivity contribution in [2.75, 3.05) is 5.32 Å². The van der Waals surface area contributed by atoms with Gasteiger partial charge >= 0.3 is 0 Å². The van der Waals surface area contributed by atoms with Crippen molar-refractivity contribution in [1.29, 1.82) is 0 Å². The fourth-order valence-corrected chi connectivity index (χ4v) is 2.46. The average Bonchev–Trinajstić information content (AvgIpc) is 2.59. The van der Waals surface area contributed by atoms with Crippen molar-refractivity contribution in [2.24, 2.45) is 0 Å². The van der Waals surface area contributed by atoms with E-state index in [1.54, 1.807) is 11.3 Å². The Morgan fingerprint density at radius 2 is 2.20 bits per heavy atom. The summed E-state index contributed by atoms with van der Waals surface area (Å²) in [4.78, 5) is 0. The first-order valence-corrected chi connectivity index (χ1v) is 5.84. The molecule has 0 atom stereocenters. The summed E-state index contributed by atoms with van der Waals surface area (Å²) < 4.78 is 5.85. The van der Waals surface area contributed by atoms with Crippen LogP contribution < -0.4 is 10.1 Å². The Morgan fingerprint density at radius 3 is 3.13 bits per heavy atom. The normalized spacial score (nSPS) is 13.1. The van der Waals surface area contributed by atoms with Gasteiger partial charge in [-0.05, 0) is 30.0 Å². The highest BCUT2D eigenvalue weighted by molar-refractivity contribution is 7.08. The maximum absolute atomic E-state index is 5.85. The molecule has 0 fully saturated rings. The molecule has 0 saturated carbocycles. The van der Waals surface area contributed by atoms with Gasteiger partial charge in [-0.25, -0.2) is 0 Å². The lowest BCUT2D eigenvalue weighted by atomic mass is 10.2. The maximum atomic E-state index is 5.85. The number of hydrogen-bond donors (Lipinski definition) is 1. The fraction of sp³-hybridized carbons (Fsp3) is 0.167. The second-order valence-electron chi connectivity index (χ2n) is 3.72. The van der Waals surface area contributed by atoms with E-state index in [0.717, 1.165) is 23.7 Å². The van der Waals surface area contributed by atoms with Gasteiger partial charge in [-0.3, -0.25) is 0 Å². The van der Waals surface area contributed by atoms with Gasteiger partial charge in [0.2, 0.25) is 0 Å². The summed E-state index contributed by atoms with van der Waals surface area (Å²) in [6.45, 7) is 2.93. The molecule has 2 nitrogen and oxygen atoms in total. The van der Waals surface area contributed by atoms with Gasteiger partial charge in [0.15, 0.2) is 5.75 Å². The predicted octanol–water partition coefficient (Wildman–Crippen LogP) is 3.77. The minimum Gasteiger partial charge on any atom is -0.454 e. The molecule has 15 heavy (non-hydrogen) atoms. The molecule has 0 bridgehead atoms. The minimum absolute atomic E-state index is 0.843. The highest BCUT2D eigenvalue weighted by Crippen LogP contribution is 2.37. The predicted molar refractivity (Wildman–Crippen MR) is 62.9 cm³/mol. The number of benzene rings is 1. The van der Waals surface area contributed by atoms with E-state index in [-0.39, 0.29) is 0 Å². The van der Waals surface area contributed by atoms with Gasteiger partial charge in [0.05, 0.1) is 5.69 Å². The van der Waals surface area contributed by atoms with Crippen LogP contribution in [0.3, 0.4) is 0 Å². The first kappa shape index (κ1) is 8.80. The summed E-state index contributed by atoms with van der Waals surface area (Å²) in [5.41, 5.74) is 3.55. The third kappa shape index (κ3) is 1.49. The monoisotopic (exact) mass is 217 g/mol. The molecule has 0 amide bonds. The molecule has 0 unspecified atom stereocenters. The topological polar surface area (TPSA) is 21.3 Å². The smallest absolute Gasteiger partial charge is 0.150 e. The molecule has 2 heterocycles. The first-order valence-electron chi connectivity index (χ1n) is 4.90. The first-order chi connectivity index (χ1) is 7.33. The number of ether oxygens (including phenoxy) is 1. The van der Waals surface area contributed by atoms with E-state index in [1.807, 2.05) is 11.4 Å². The van der Waals surface area contributed by atoms with Crippen LogP contribution in [0.25, 0.3) is 0 Å². The Kier molecular flexibility index (Phi) is 1.92. The van der Waals surface area contributed by atoms with Crippen LogP contribution in [-0.2, 0) is 6.54 Å². The van der Waals surface area contributed by atoms with E-state index >= 15 is 0 Å². The number of rotatable bonds is 0. The van der Waals surface area contributed by atoms with E-state index in [1.165, 1.54) is 11.1 Å². The third-order valence-electron chi connectivity index (χ3n) is 2.53. The molecule has 76 valence electrons. The van der Waals surface area contributed by atoms with Crippen LogP contribution in [0.5, 0.6) is 11.5 Å². The van der Waals surface area contributed by atoms with E-state index in [9.17, 15) is 0 Å². The molecule has 1 aromatic heterocycles. The largest absolute Gasteiger partial charge is 0.454 e. The van der Waals surface area contributed by atoms with Crippen molar-refractivity contribution < 1.29 is 4.74 Å². The number of hydrogen-bond acceptors (Lipinski definition) is 3. The Balaban J connectivity index is 2.08. The summed E-state index contributed by atoms with van der Waals surface area (Å²) >= 11 is 1.68. The zero-order chi connectivity index (χ0) is 10.3. The molecule has 0 radical (unpaired) electrons. The van der Waals surface area contributed by atoms with Crippen molar-refractivity contribution in [3.05, 3.63) is 40.1 Å². The molecule has 0 aliphatic carbocycles. The van der Waals surface area contributed by atoms with Crippen LogP contribution in [0.2, 0.25) is 0 Å². The summed E-state index contributed by atoms with van der Waals surface area (Å²) in [6.07, 6.45) is 0. The molecular weight excluding hydrogens is 206 g/mol. The van der Waals surface area contributed by atoms with E-state index in [4.69, 9.17) is 4.74 Å². The lowest BCUT2D eigenvalue weighted by molar-refractivity contribution is 0.486. The quantitative estimate of drug-likeness (QED) is 0.725. The van der Waals surface area contributed by atoms with Crippen LogP contribution in [0, 0.1) is 6.92 Å². The number of fused-ring (bicyclic) bond motifs is 2. The number of nitrogens with one attached hydrogen (secondary N) is 1. The Hall–Kier alpha value is -1.48. The van der Waals surface area contributed by atoms with Crippen LogP contribution in [0.15, 0.2) is 29.0 Å². The lowest BCUT2D eigenvalue weighted by Crippen LogP contribution is -1.96.